The van der Waals surface area contributed by atoms with Crippen LogP contribution in [0.3, 0.4) is 0 Å². The summed E-state index contributed by atoms with van der Waals surface area (Å²) >= 11 is 1.59. The van der Waals surface area contributed by atoms with Gasteiger partial charge in [0.25, 0.3) is 5.91 Å². The fourth-order valence-electron chi connectivity index (χ4n) is 3.87. The van der Waals surface area contributed by atoms with Crippen molar-refractivity contribution >= 4 is 23.3 Å². The second kappa shape index (κ2) is 6.26. The number of urea groups is 1. The normalized spacial score (nSPS) is 22.4. The van der Waals surface area contributed by atoms with E-state index in [-0.39, 0.29) is 18.5 Å². The molecule has 2 aromatic rings. The number of hydrogen-bond acceptors (Lipinski definition) is 4. The lowest BCUT2D eigenvalue weighted by Gasteiger charge is -2.33. The number of fused-ring (bicyclic) bond motifs is 2. The number of rotatable bonds is 4. The Morgan fingerprint density at radius 2 is 2.16 bits per heavy atom. The standard InChI is InChI=1S/C19H21N3O2S/c1-2-6-16-20-14(12-25-16)11-22-17(23)19(21-18(22)24)10-5-8-13-7-3-4-9-15(13)19/h3-4,7,9,12H,2,5-6,8,10-11H2,1H3,(H,21,24)/t19-/m0/s1. The van der Waals surface area contributed by atoms with E-state index >= 15 is 0 Å². The highest BCUT2D eigenvalue weighted by Crippen LogP contribution is 2.40. The van der Waals surface area contributed by atoms with E-state index in [2.05, 4.69) is 23.3 Å². The highest BCUT2D eigenvalue weighted by Gasteiger charge is 2.53. The summed E-state index contributed by atoms with van der Waals surface area (Å²) < 4.78 is 0. The number of hydrogen-bond donors (Lipinski definition) is 1. The zero-order valence-corrected chi connectivity index (χ0v) is 15.1. The van der Waals surface area contributed by atoms with Crippen LogP contribution in [0.25, 0.3) is 0 Å². The molecule has 130 valence electrons. The van der Waals surface area contributed by atoms with E-state index in [4.69, 9.17) is 0 Å². The Morgan fingerprint density at radius 3 is 3.00 bits per heavy atom. The highest BCUT2D eigenvalue weighted by atomic mass is 32.1. The first-order chi connectivity index (χ1) is 12.1. The Labute approximate surface area is 151 Å². The molecule has 25 heavy (non-hydrogen) atoms. The van der Waals surface area contributed by atoms with Gasteiger partial charge in [-0.15, -0.1) is 11.3 Å². The van der Waals surface area contributed by atoms with Crippen LogP contribution < -0.4 is 5.32 Å². The number of aryl methyl sites for hydroxylation is 2. The minimum Gasteiger partial charge on any atom is -0.319 e. The Balaban J connectivity index is 1.62. The van der Waals surface area contributed by atoms with E-state index in [1.165, 1.54) is 4.90 Å². The molecule has 4 rings (SSSR count). The molecule has 1 aliphatic carbocycles. The van der Waals surface area contributed by atoms with Crippen LogP contribution in [0, 0.1) is 0 Å². The van der Waals surface area contributed by atoms with Crippen LogP contribution >= 0.6 is 11.3 Å². The summed E-state index contributed by atoms with van der Waals surface area (Å²) in [7, 11) is 0. The molecule has 0 radical (unpaired) electrons. The first-order valence-electron chi connectivity index (χ1n) is 8.80. The molecular formula is C19H21N3O2S. The van der Waals surface area contributed by atoms with Crippen LogP contribution in [0.1, 0.15) is 48.0 Å². The van der Waals surface area contributed by atoms with Crippen LogP contribution in [-0.4, -0.2) is 21.8 Å². The van der Waals surface area contributed by atoms with Gasteiger partial charge in [0.05, 0.1) is 17.2 Å². The number of aromatic nitrogens is 1. The molecule has 5 nitrogen and oxygen atoms in total. The Kier molecular flexibility index (Phi) is 4.07. The topological polar surface area (TPSA) is 62.3 Å². The maximum absolute atomic E-state index is 13.2. The third-order valence-electron chi connectivity index (χ3n) is 5.03. The van der Waals surface area contributed by atoms with Crippen molar-refractivity contribution in [1.29, 1.82) is 0 Å². The van der Waals surface area contributed by atoms with Crippen molar-refractivity contribution < 1.29 is 9.59 Å². The van der Waals surface area contributed by atoms with E-state index in [1.54, 1.807) is 11.3 Å². The Bertz CT molecular complexity index is 832. The lowest BCUT2D eigenvalue weighted by molar-refractivity contribution is -0.132. The average molecular weight is 355 g/mol. The lowest BCUT2D eigenvalue weighted by Crippen LogP contribution is -2.46. The van der Waals surface area contributed by atoms with E-state index < -0.39 is 5.54 Å². The van der Waals surface area contributed by atoms with Crippen LogP contribution in [0.5, 0.6) is 0 Å². The van der Waals surface area contributed by atoms with E-state index in [0.29, 0.717) is 6.42 Å². The molecule has 2 heterocycles. The average Bonchev–Trinajstić information content (AvgIpc) is 3.15. The number of imide groups is 1. The molecule has 1 aromatic carbocycles. The molecule has 1 aromatic heterocycles. The molecule has 2 aliphatic rings. The van der Waals surface area contributed by atoms with Crippen LogP contribution in [-0.2, 0) is 29.7 Å². The number of benzene rings is 1. The smallest absolute Gasteiger partial charge is 0.319 e. The van der Waals surface area contributed by atoms with Gasteiger partial charge in [-0.25, -0.2) is 9.78 Å². The summed E-state index contributed by atoms with van der Waals surface area (Å²) in [4.78, 5) is 31.7. The number of amides is 3. The molecule has 1 spiro atoms. The number of nitrogens with one attached hydrogen (secondary N) is 1. The summed E-state index contributed by atoms with van der Waals surface area (Å²) in [5.74, 6) is -0.144. The maximum atomic E-state index is 13.2. The highest BCUT2D eigenvalue weighted by molar-refractivity contribution is 7.09. The zero-order valence-electron chi connectivity index (χ0n) is 14.2. The van der Waals surface area contributed by atoms with Crippen molar-refractivity contribution in [2.45, 2.75) is 51.1 Å². The quantitative estimate of drug-likeness (QED) is 0.855. The SMILES string of the molecule is CCCc1nc(CN2C(=O)N[C@]3(CCCc4ccccc43)C2=O)cs1. The summed E-state index contributed by atoms with van der Waals surface area (Å²) in [6, 6.07) is 7.63. The second-order valence-electron chi connectivity index (χ2n) is 6.72. The van der Waals surface area contributed by atoms with Gasteiger partial charge in [-0.05, 0) is 43.2 Å². The van der Waals surface area contributed by atoms with Gasteiger partial charge in [-0.1, -0.05) is 31.2 Å². The molecule has 1 aliphatic heterocycles. The molecule has 0 unspecified atom stereocenters. The van der Waals surface area contributed by atoms with Crippen molar-refractivity contribution in [1.82, 2.24) is 15.2 Å². The van der Waals surface area contributed by atoms with Crippen LogP contribution in [0.2, 0.25) is 0 Å². The van der Waals surface area contributed by atoms with Gasteiger partial charge in [-0.2, -0.15) is 0 Å². The minimum atomic E-state index is -0.895. The number of carbonyl (C=O) groups excluding carboxylic acids is 2. The van der Waals surface area contributed by atoms with E-state index in [1.807, 2.05) is 23.6 Å². The van der Waals surface area contributed by atoms with E-state index in [9.17, 15) is 9.59 Å². The van der Waals surface area contributed by atoms with Gasteiger partial charge in [0.2, 0.25) is 0 Å². The molecule has 0 bridgehead atoms. The van der Waals surface area contributed by atoms with Gasteiger partial charge < -0.3 is 5.32 Å². The number of nitrogens with zero attached hydrogens (tertiary/aromatic N) is 2. The first-order valence-corrected chi connectivity index (χ1v) is 9.68. The molecule has 1 saturated heterocycles. The van der Waals surface area contributed by atoms with Crippen LogP contribution in [0.15, 0.2) is 29.6 Å². The van der Waals surface area contributed by atoms with Crippen molar-refractivity contribution in [2.24, 2.45) is 0 Å². The fraction of sp³-hybridized carbons (Fsp3) is 0.421. The predicted octanol–water partition coefficient (Wildman–Crippen LogP) is 3.38. The molecular weight excluding hydrogens is 334 g/mol. The molecule has 1 atom stereocenters. The summed E-state index contributed by atoms with van der Waals surface area (Å²) in [6.45, 7) is 2.36. The zero-order chi connectivity index (χ0) is 17.4. The van der Waals surface area contributed by atoms with Crippen molar-refractivity contribution in [3.63, 3.8) is 0 Å². The second-order valence-corrected chi connectivity index (χ2v) is 7.66. The van der Waals surface area contributed by atoms with Crippen molar-refractivity contribution in [3.05, 3.63) is 51.5 Å². The lowest BCUT2D eigenvalue weighted by atomic mass is 9.76. The summed E-state index contributed by atoms with van der Waals surface area (Å²) in [5, 5.41) is 6.00. The van der Waals surface area contributed by atoms with Crippen molar-refractivity contribution in [3.8, 4) is 0 Å². The first kappa shape index (κ1) is 16.3. The molecule has 1 N–H and O–H groups in total. The number of thiazole rings is 1. The largest absolute Gasteiger partial charge is 0.325 e. The van der Waals surface area contributed by atoms with Crippen LogP contribution in [0.4, 0.5) is 4.79 Å². The monoisotopic (exact) mass is 355 g/mol. The van der Waals surface area contributed by atoms with Gasteiger partial charge in [0, 0.05) is 5.38 Å². The van der Waals surface area contributed by atoms with Gasteiger partial charge in [0.15, 0.2) is 0 Å². The van der Waals surface area contributed by atoms with Gasteiger partial charge >= 0.3 is 6.03 Å². The third-order valence-corrected chi connectivity index (χ3v) is 5.99. The Hall–Kier alpha value is -2.21. The third kappa shape index (κ3) is 2.65. The van der Waals surface area contributed by atoms with Crippen molar-refractivity contribution in [2.75, 3.05) is 0 Å². The van der Waals surface area contributed by atoms with E-state index in [0.717, 1.165) is 47.5 Å². The molecule has 0 saturated carbocycles. The summed E-state index contributed by atoms with van der Waals surface area (Å²) in [5.41, 5.74) is 2.00. The summed E-state index contributed by atoms with van der Waals surface area (Å²) in [6.07, 6.45) is 4.48. The molecule has 3 amide bonds. The Morgan fingerprint density at radius 1 is 1.32 bits per heavy atom. The van der Waals surface area contributed by atoms with Gasteiger partial charge in [0.1, 0.15) is 5.54 Å². The van der Waals surface area contributed by atoms with Gasteiger partial charge in [-0.3, -0.25) is 9.69 Å². The predicted molar refractivity (Wildman–Crippen MR) is 96.2 cm³/mol. The number of carbonyl (C=O) groups is 2. The molecule has 1 fully saturated rings. The minimum absolute atomic E-state index is 0.144. The molecule has 6 heteroatoms. The maximum Gasteiger partial charge on any atom is 0.325 e. The fourth-order valence-corrected chi connectivity index (χ4v) is 4.76.